The predicted molar refractivity (Wildman–Crippen MR) is 127 cm³/mol. The van der Waals surface area contributed by atoms with Gasteiger partial charge in [0.1, 0.15) is 5.82 Å². The van der Waals surface area contributed by atoms with Gasteiger partial charge in [-0.15, -0.1) is 12.3 Å². The second-order valence-corrected chi connectivity index (χ2v) is 7.01. The van der Waals surface area contributed by atoms with Crippen LogP contribution >= 0.6 is 0 Å². The molecule has 6 heteroatoms. The number of carbonyl (C=O) groups excluding carboxylic acids is 1. The van der Waals surface area contributed by atoms with Crippen LogP contribution in [0.1, 0.15) is 24.0 Å². The zero-order valence-electron chi connectivity index (χ0n) is 17.5. The summed E-state index contributed by atoms with van der Waals surface area (Å²) in [5, 5.41) is 9.30. The van der Waals surface area contributed by atoms with Crippen LogP contribution < -0.4 is 16.0 Å². The van der Waals surface area contributed by atoms with Crippen LogP contribution in [-0.2, 0) is 11.2 Å². The van der Waals surface area contributed by atoms with E-state index in [1.165, 1.54) is 11.6 Å². The van der Waals surface area contributed by atoms with Gasteiger partial charge in [-0.05, 0) is 61.7 Å². The first kappa shape index (κ1) is 21.6. The molecule has 3 aromatic rings. The van der Waals surface area contributed by atoms with Gasteiger partial charge >= 0.3 is 0 Å². The molecule has 6 nitrogen and oxygen atoms in total. The lowest BCUT2D eigenvalue weighted by Gasteiger charge is -2.12. The van der Waals surface area contributed by atoms with Crippen LogP contribution in [0.4, 0.5) is 28.8 Å². The molecule has 0 unspecified atom stereocenters. The minimum absolute atomic E-state index is 0.261. The van der Waals surface area contributed by atoms with Gasteiger partial charge in [-0.2, -0.15) is 4.98 Å². The highest BCUT2D eigenvalue weighted by atomic mass is 16.1. The van der Waals surface area contributed by atoms with Crippen LogP contribution in [-0.4, -0.2) is 15.9 Å². The molecule has 0 aliphatic carbocycles. The highest BCUT2D eigenvalue weighted by Crippen LogP contribution is 2.23. The van der Waals surface area contributed by atoms with Crippen molar-refractivity contribution in [3.63, 3.8) is 0 Å². The molecule has 0 aliphatic rings. The van der Waals surface area contributed by atoms with Crippen molar-refractivity contribution in [2.45, 2.75) is 26.2 Å². The number of amides is 1. The Morgan fingerprint density at radius 1 is 1.13 bits per heavy atom. The Balaban J connectivity index is 1.73. The van der Waals surface area contributed by atoms with E-state index in [2.05, 4.69) is 50.6 Å². The normalized spacial score (nSPS) is 10.1. The van der Waals surface area contributed by atoms with E-state index in [1.54, 1.807) is 6.20 Å². The lowest BCUT2D eigenvalue weighted by Crippen LogP contribution is -2.07. The van der Waals surface area contributed by atoms with Crippen LogP contribution in [0.5, 0.6) is 0 Å². The number of hydrogen-bond donors (Lipinski definition) is 3. The summed E-state index contributed by atoms with van der Waals surface area (Å²) in [5.74, 6) is 3.58. The third-order valence-corrected chi connectivity index (χ3v) is 4.52. The van der Waals surface area contributed by atoms with Crippen molar-refractivity contribution >= 4 is 34.7 Å². The quantitative estimate of drug-likeness (QED) is 0.251. The number of carbonyl (C=O) groups is 1. The van der Waals surface area contributed by atoms with Crippen molar-refractivity contribution in [1.29, 1.82) is 0 Å². The largest absolute Gasteiger partial charge is 0.340 e. The number of rotatable bonds is 9. The van der Waals surface area contributed by atoms with Gasteiger partial charge in [-0.3, -0.25) is 4.79 Å². The molecule has 3 rings (SSSR count). The fourth-order valence-electron chi connectivity index (χ4n) is 2.96. The molecule has 0 fully saturated rings. The standard InChI is InChI=1S/C25H25N5O/c1-4-6-7-10-19-11-8-12-20(15-19)29-25-26-17-18(3)24(30-25)28-22-14-9-13-21(16-22)27-23(31)5-2/h1,5,8-9,11-17H,2,6-7,10H2,3H3,(H,27,31)(H2,26,28,29,30). The maximum Gasteiger partial charge on any atom is 0.247 e. The van der Waals surface area contributed by atoms with Crippen LogP contribution in [0.25, 0.3) is 0 Å². The molecule has 0 saturated heterocycles. The summed E-state index contributed by atoms with van der Waals surface area (Å²) in [7, 11) is 0. The van der Waals surface area contributed by atoms with Gasteiger partial charge in [-0.1, -0.05) is 24.8 Å². The van der Waals surface area contributed by atoms with Crippen molar-refractivity contribution in [3.05, 3.63) is 78.5 Å². The Morgan fingerprint density at radius 2 is 1.87 bits per heavy atom. The van der Waals surface area contributed by atoms with Gasteiger partial charge in [0.05, 0.1) is 0 Å². The van der Waals surface area contributed by atoms with E-state index < -0.39 is 0 Å². The number of anilines is 5. The Hall–Kier alpha value is -4.11. The van der Waals surface area contributed by atoms with Crippen LogP contribution in [0.2, 0.25) is 0 Å². The predicted octanol–water partition coefficient (Wildman–Crippen LogP) is 5.35. The molecule has 0 spiro atoms. The Bertz CT molecular complexity index is 1120. The first-order valence-electron chi connectivity index (χ1n) is 10.0. The number of aromatic nitrogens is 2. The van der Waals surface area contributed by atoms with Gasteiger partial charge in [0.25, 0.3) is 0 Å². The van der Waals surface area contributed by atoms with Crippen molar-refractivity contribution in [3.8, 4) is 12.3 Å². The van der Waals surface area contributed by atoms with Gasteiger partial charge < -0.3 is 16.0 Å². The minimum Gasteiger partial charge on any atom is -0.340 e. The zero-order chi connectivity index (χ0) is 22.1. The Labute approximate surface area is 182 Å². The Morgan fingerprint density at radius 3 is 2.65 bits per heavy atom. The molecule has 156 valence electrons. The van der Waals surface area contributed by atoms with Gasteiger partial charge in [-0.25, -0.2) is 4.98 Å². The smallest absolute Gasteiger partial charge is 0.247 e. The van der Waals surface area contributed by atoms with Crippen LogP contribution in [0, 0.1) is 19.3 Å². The van der Waals surface area contributed by atoms with Crippen molar-refractivity contribution in [2.24, 2.45) is 0 Å². The third-order valence-electron chi connectivity index (χ3n) is 4.52. The average Bonchev–Trinajstić information content (AvgIpc) is 2.77. The fraction of sp³-hybridized carbons (Fsp3) is 0.160. The molecule has 0 radical (unpaired) electrons. The molecule has 31 heavy (non-hydrogen) atoms. The highest BCUT2D eigenvalue weighted by molar-refractivity contribution is 5.99. The number of nitrogens with zero attached hydrogens (tertiary/aromatic N) is 2. The number of nitrogens with one attached hydrogen (secondary N) is 3. The fourth-order valence-corrected chi connectivity index (χ4v) is 2.96. The lowest BCUT2D eigenvalue weighted by molar-refractivity contribution is -0.111. The van der Waals surface area contributed by atoms with Crippen LogP contribution in [0.15, 0.2) is 67.4 Å². The number of benzene rings is 2. The first-order valence-corrected chi connectivity index (χ1v) is 10.0. The summed E-state index contributed by atoms with van der Waals surface area (Å²) in [4.78, 5) is 20.5. The summed E-state index contributed by atoms with van der Waals surface area (Å²) in [6, 6.07) is 15.5. The van der Waals surface area contributed by atoms with E-state index in [0.717, 1.165) is 36.2 Å². The summed E-state index contributed by atoms with van der Waals surface area (Å²) in [6.45, 7) is 5.40. The molecular weight excluding hydrogens is 386 g/mol. The number of terminal acetylenes is 1. The number of aryl methyl sites for hydroxylation is 2. The summed E-state index contributed by atoms with van der Waals surface area (Å²) < 4.78 is 0. The number of unbranched alkanes of at least 4 members (excludes halogenated alkanes) is 1. The molecule has 0 saturated carbocycles. The van der Waals surface area contributed by atoms with E-state index in [1.807, 2.05) is 43.3 Å². The van der Waals surface area contributed by atoms with E-state index in [-0.39, 0.29) is 5.91 Å². The summed E-state index contributed by atoms with van der Waals surface area (Å²) in [5.41, 5.74) is 4.49. The molecule has 0 aliphatic heterocycles. The summed E-state index contributed by atoms with van der Waals surface area (Å²) in [6.07, 6.45) is 11.0. The van der Waals surface area contributed by atoms with E-state index >= 15 is 0 Å². The Kier molecular flexibility index (Phi) is 7.39. The van der Waals surface area contributed by atoms with Crippen LogP contribution in [0.3, 0.4) is 0 Å². The second kappa shape index (κ2) is 10.6. The van der Waals surface area contributed by atoms with E-state index in [9.17, 15) is 4.79 Å². The van der Waals surface area contributed by atoms with Crippen molar-refractivity contribution in [2.75, 3.05) is 16.0 Å². The van der Waals surface area contributed by atoms with Gasteiger partial charge in [0.15, 0.2) is 0 Å². The van der Waals surface area contributed by atoms with Gasteiger partial charge in [0.2, 0.25) is 11.9 Å². The van der Waals surface area contributed by atoms with E-state index in [0.29, 0.717) is 17.5 Å². The minimum atomic E-state index is -0.261. The lowest BCUT2D eigenvalue weighted by atomic mass is 10.1. The molecule has 0 bridgehead atoms. The molecule has 1 heterocycles. The zero-order valence-corrected chi connectivity index (χ0v) is 17.5. The maximum atomic E-state index is 11.5. The number of hydrogen-bond acceptors (Lipinski definition) is 5. The molecule has 1 amide bonds. The molecule has 2 aromatic carbocycles. The monoisotopic (exact) mass is 411 g/mol. The van der Waals surface area contributed by atoms with E-state index in [4.69, 9.17) is 6.42 Å². The van der Waals surface area contributed by atoms with Crippen molar-refractivity contribution in [1.82, 2.24) is 9.97 Å². The SMILES string of the molecule is C#CCCCc1cccc(Nc2ncc(C)c(Nc3cccc(NC(=O)C=C)c3)n2)c1. The topological polar surface area (TPSA) is 78.9 Å². The van der Waals surface area contributed by atoms with Crippen molar-refractivity contribution < 1.29 is 4.79 Å². The second-order valence-electron chi connectivity index (χ2n) is 7.01. The maximum absolute atomic E-state index is 11.5. The first-order chi connectivity index (χ1) is 15.1. The summed E-state index contributed by atoms with van der Waals surface area (Å²) >= 11 is 0. The average molecular weight is 412 g/mol. The highest BCUT2D eigenvalue weighted by Gasteiger charge is 2.07. The molecule has 0 atom stereocenters. The molecule has 3 N–H and O–H groups in total. The molecular formula is C25H25N5O. The van der Waals surface area contributed by atoms with Gasteiger partial charge in [0, 0.05) is 35.2 Å². The molecule has 1 aromatic heterocycles. The third kappa shape index (κ3) is 6.44.